The molecule has 1 aliphatic rings. The van der Waals surface area contributed by atoms with Gasteiger partial charge in [-0.15, -0.1) is 5.10 Å². The molecule has 1 aromatic heterocycles. The lowest BCUT2D eigenvalue weighted by Crippen LogP contribution is -2.38. The zero-order chi connectivity index (χ0) is 31.9. The van der Waals surface area contributed by atoms with Gasteiger partial charge in [-0.05, 0) is 58.3 Å². The normalized spacial score (nSPS) is 20.4. The fourth-order valence-corrected chi connectivity index (χ4v) is 5.97. The monoisotopic (exact) mass is 633 g/mol. The predicted octanol–water partition coefficient (Wildman–Crippen LogP) is 4.01. The van der Waals surface area contributed by atoms with Crippen molar-refractivity contribution < 1.29 is 34.0 Å². The summed E-state index contributed by atoms with van der Waals surface area (Å²) >= 11 is 1.46. The number of amides is 1. The average Bonchev–Trinajstić information content (AvgIpc) is 3.52. The SMILES string of the molecule is CC(=O)O[C@@H](C)C(=O)NCc1ccc(C2O[C@H](CSc3nnnn3-c3ccc(O)cc3)[C@H](C)[C@H](c3ccc(CO)cc3)O2)cc1. The summed E-state index contributed by atoms with van der Waals surface area (Å²) in [4.78, 5) is 23.4. The number of phenols is 1. The van der Waals surface area contributed by atoms with E-state index >= 15 is 0 Å². The summed E-state index contributed by atoms with van der Waals surface area (Å²) in [5.41, 5.74) is 4.17. The number of aromatic hydroxyl groups is 1. The number of nitrogens with one attached hydrogen (secondary N) is 1. The Labute approximate surface area is 264 Å². The Balaban J connectivity index is 1.32. The lowest BCUT2D eigenvalue weighted by Gasteiger charge is -2.41. The van der Waals surface area contributed by atoms with E-state index in [4.69, 9.17) is 14.2 Å². The Hall–Kier alpha value is -4.30. The third-order valence-corrected chi connectivity index (χ3v) is 8.47. The smallest absolute Gasteiger partial charge is 0.303 e. The minimum atomic E-state index is -0.878. The quantitative estimate of drug-likeness (QED) is 0.162. The van der Waals surface area contributed by atoms with Crippen LogP contribution >= 0.6 is 11.8 Å². The molecule has 0 saturated carbocycles. The van der Waals surface area contributed by atoms with Gasteiger partial charge in [-0.3, -0.25) is 9.59 Å². The highest BCUT2D eigenvalue weighted by Gasteiger charge is 2.38. The van der Waals surface area contributed by atoms with Crippen LogP contribution in [-0.2, 0) is 37.0 Å². The van der Waals surface area contributed by atoms with Crippen LogP contribution in [0.4, 0.5) is 0 Å². The first kappa shape index (κ1) is 32.1. The van der Waals surface area contributed by atoms with Crippen molar-refractivity contribution in [1.82, 2.24) is 25.5 Å². The van der Waals surface area contributed by atoms with Crippen molar-refractivity contribution in [3.8, 4) is 11.4 Å². The van der Waals surface area contributed by atoms with Crippen molar-refractivity contribution in [2.45, 2.75) is 63.7 Å². The molecule has 3 aromatic carbocycles. The second-order valence-corrected chi connectivity index (χ2v) is 11.7. The molecule has 0 radical (unpaired) electrons. The molecule has 1 unspecified atom stereocenters. The zero-order valence-corrected chi connectivity index (χ0v) is 25.9. The van der Waals surface area contributed by atoms with Gasteiger partial charge in [-0.1, -0.05) is 67.2 Å². The van der Waals surface area contributed by atoms with Gasteiger partial charge in [0.25, 0.3) is 5.91 Å². The van der Waals surface area contributed by atoms with Crippen LogP contribution in [0.15, 0.2) is 78.0 Å². The summed E-state index contributed by atoms with van der Waals surface area (Å²) < 4.78 is 19.6. The summed E-state index contributed by atoms with van der Waals surface area (Å²) in [6.07, 6.45) is -2.09. The number of ether oxygens (including phenoxy) is 3. The number of aromatic nitrogens is 4. The average molecular weight is 634 g/mol. The van der Waals surface area contributed by atoms with Crippen LogP contribution in [-0.4, -0.2) is 60.3 Å². The third-order valence-electron chi connectivity index (χ3n) is 7.47. The molecule has 1 fully saturated rings. The van der Waals surface area contributed by atoms with Crippen LogP contribution in [0.3, 0.4) is 0 Å². The number of tetrazole rings is 1. The van der Waals surface area contributed by atoms with Crippen LogP contribution in [0.2, 0.25) is 0 Å². The van der Waals surface area contributed by atoms with Gasteiger partial charge in [0, 0.05) is 30.7 Å². The van der Waals surface area contributed by atoms with Crippen molar-refractivity contribution in [3.05, 3.63) is 95.1 Å². The van der Waals surface area contributed by atoms with E-state index in [1.165, 1.54) is 25.6 Å². The number of thioether (sulfide) groups is 1. The number of aliphatic hydroxyl groups excluding tert-OH is 1. The van der Waals surface area contributed by atoms with Crippen LogP contribution in [0.1, 0.15) is 55.4 Å². The van der Waals surface area contributed by atoms with Crippen molar-refractivity contribution in [3.63, 3.8) is 0 Å². The summed E-state index contributed by atoms with van der Waals surface area (Å²) in [7, 11) is 0. The summed E-state index contributed by atoms with van der Waals surface area (Å²) in [5.74, 6) is -0.246. The molecular formula is C32H35N5O7S. The number of carbonyl (C=O) groups is 2. The standard InChI is InChI=1S/C32H35N5O7S/c1-19-28(18-45-32-34-35-36-37(32)26-12-14-27(40)15-13-26)43-31(44-29(19)24-8-6-23(17-38)7-9-24)25-10-4-22(5-11-25)16-33-30(41)20(2)42-21(3)39/h4-15,19-20,28-29,31,38,40H,16-18H2,1-3H3,(H,33,41)/t19-,20-,28+,29+,31?/m0/s1. The Morgan fingerprint density at radius 1 is 1.00 bits per heavy atom. The fraction of sp³-hybridized carbons (Fsp3) is 0.344. The summed E-state index contributed by atoms with van der Waals surface area (Å²) in [6.45, 7) is 5.09. The number of benzene rings is 3. The number of esters is 1. The summed E-state index contributed by atoms with van der Waals surface area (Å²) in [6, 6.07) is 21.9. The van der Waals surface area contributed by atoms with Crippen molar-refractivity contribution in [2.75, 3.05) is 5.75 Å². The molecule has 13 heteroatoms. The van der Waals surface area contributed by atoms with E-state index in [-0.39, 0.29) is 42.9 Å². The molecule has 236 valence electrons. The van der Waals surface area contributed by atoms with Crippen molar-refractivity contribution in [1.29, 1.82) is 0 Å². The van der Waals surface area contributed by atoms with E-state index < -0.39 is 18.4 Å². The molecule has 1 aliphatic heterocycles. The number of phenolic OH excluding ortho intramolecular Hbond substituents is 1. The number of hydrogen-bond donors (Lipinski definition) is 3. The minimum Gasteiger partial charge on any atom is -0.508 e. The first-order chi connectivity index (χ1) is 21.7. The number of hydrogen-bond acceptors (Lipinski definition) is 11. The first-order valence-corrected chi connectivity index (χ1v) is 15.5. The van der Waals surface area contributed by atoms with Gasteiger partial charge < -0.3 is 29.7 Å². The molecule has 1 amide bonds. The molecule has 0 aliphatic carbocycles. The molecule has 3 N–H and O–H groups in total. The number of nitrogens with zero attached hydrogens (tertiary/aromatic N) is 4. The number of carbonyl (C=O) groups excluding carboxylic acids is 2. The molecule has 0 spiro atoms. The lowest BCUT2D eigenvalue weighted by atomic mass is 9.91. The van der Waals surface area contributed by atoms with E-state index in [0.717, 1.165) is 27.9 Å². The molecule has 4 aromatic rings. The van der Waals surface area contributed by atoms with Gasteiger partial charge in [0.05, 0.1) is 24.5 Å². The maximum Gasteiger partial charge on any atom is 0.303 e. The van der Waals surface area contributed by atoms with Gasteiger partial charge >= 0.3 is 5.97 Å². The van der Waals surface area contributed by atoms with E-state index in [1.807, 2.05) is 48.5 Å². The lowest BCUT2D eigenvalue weighted by molar-refractivity contribution is -0.268. The highest BCUT2D eigenvalue weighted by molar-refractivity contribution is 7.99. The third kappa shape index (κ3) is 8.05. The van der Waals surface area contributed by atoms with E-state index in [9.17, 15) is 19.8 Å². The molecular weight excluding hydrogens is 598 g/mol. The summed E-state index contributed by atoms with van der Waals surface area (Å²) in [5, 5.41) is 34.7. The van der Waals surface area contributed by atoms with Crippen LogP contribution in [0.5, 0.6) is 5.75 Å². The largest absolute Gasteiger partial charge is 0.508 e. The molecule has 12 nitrogen and oxygen atoms in total. The maximum absolute atomic E-state index is 12.2. The fourth-order valence-electron chi connectivity index (χ4n) is 4.92. The van der Waals surface area contributed by atoms with Crippen molar-refractivity contribution >= 4 is 23.6 Å². The Bertz CT molecular complexity index is 1580. The second-order valence-electron chi connectivity index (χ2n) is 10.7. The molecule has 0 bridgehead atoms. The highest BCUT2D eigenvalue weighted by Crippen LogP contribution is 2.43. The van der Waals surface area contributed by atoms with Gasteiger partial charge in [0.2, 0.25) is 5.16 Å². The minimum absolute atomic E-state index is 0.0413. The van der Waals surface area contributed by atoms with E-state index in [0.29, 0.717) is 10.9 Å². The van der Waals surface area contributed by atoms with E-state index in [2.05, 4.69) is 27.8 Å². The number of rotatable bonds is 11. The predicted molar refractivity (Wildman–Crippen MR) is 164 cm³/mol. The Kier molecular flexibility index (Phi) is 10.5. The van der Waals surface area contributed by atoms with Crippen molar-refractivity contribution in [2.24, 2.45) is 5.92 Å². The maximum atomic E-state index is 12.2. The van der Waals surface area contributed by atoms with E-state index in [1.54, 1.807) is 28.9 Å². The first-order valence-electron chi connectivity index (χ1n) is 14.5. The van der Waals surface area contributed by atoms with Gasteiger partial charge in [0.15, 0.2) is 12.4 Å². The Morgan fingerprint density at radius 2 is 1.67 bits per heavy atom. The molecule has 5 rings (SSSR count). The van der Waals surface area contributed by atoms with Crippen LogP contribution < -0.4 is 5.32 Å². The molecule has 45 heavy (non-hydrogen) atoms. The molecule has 1 saturated heterocycles. The topological polar surface area (TPSA) is 158 Å². The van der Waals surface area contributed by atoms with Gasteiger partial charge in [0.1, 0.15) is 5.75 Å². The molecule has 5 atom stereocenters. The van der Waals surface area contributed by atoms with Gasteiger partial charge in [-0.25, -0.2) is 0 Å². The second kappa shape index (κ2) is 14.7. The highest BCUT2D eigenvalue weighted by atomic mass is 32.2. The Morgan fingerprint density at radius 3 is 2.33 bits per heavy atom. The van der Waals surface area contributed by atoms with Gasteiger partial charge in [-0.2, -0.15) is 4.68 Å². The van der Waals surface area contributed by atoms with Crippen LogP contribution in [0.25, 0.3) is 5.69 Å². The zero-order valence-electron chi connectivity index (χ0n) is 25.1. The molecule has 2 heterocycles. The number of aliphatic hydroxyl groups is 1. The van der Waals surface area contributed by atoms with Crippen LogP contribution in [0, 0.1) is 5.92 Å².